The molecule has 0 bridgehead atoms. The smallest absolute Gasteiger partial charge is 0.255 e. The van der Waals surface area contributed by atoms with Crippen molar-refractivity contribution in [2.75, 3.05) is 17.3 Å². The van der Waals surface area contributed by atoms with Gasteiger partial charge in [0, 0.05) is 23.3 Å². The number of nitrogens with two attached hydrogens (primary N) is 1. The highest BCUT2D eigenvalue weighted by atomic mass is 32.2. The summed E-state index contributed by atoms with van der Waals surface area (Å²) in [6.07, 6.45) is 1.94. The second-order valence-corrected chi connectivity index (χ2v) is 5.12. The molecule has 3 nitrogen and oxygen atoms in total. The third-order valence-corrected chi connectivity index (χ3v) is 3.60. The molecule has 1 amide bonds. The fourth-order valence-electron chi connectivity index (χ4n) is 1.69. The molecule has 0 aromatic heterocycles. The zero-order valence-electron chi connectivity index (χ0n) is 10.9. The van der Waals surface area contributed by atoms with E-state index in [4.69, 9.17) is 5.73 Å². The van der Waals surface area contributed by atoms with Crippen LogP contribution in [0.5, 0.6) is 0 Å². The van der Waals surface area contributed by atoms with Crippen molar-refractivity contribution >= 4 is 29.0 Å². The second kappa shape index (κ2) is 5.80. The van der Waals surface area contributed by atoms with Crippen LogP contribution in [-0.2, 0) is 0 Å². The average Bonchev–Trinajstić information content (AvgIpc) is 2.42. The molecule has 3 N–H and O–H groups in total. The van der Waals surface area contributed by atoms with Gasteiger partial charge in [-0.2, -0.15) is 0 Å². The normalized spacial score (nSPS) is 10.2. The van der Waals surface area contributed by atoms with E-state index in [2.05, 4.69) is 5.32 Å². The van der Waals surface area contributed by atoms with Crippen LogP contribution >= 0.6 is 11.8 Å². The molecule has 0 fully saturated rings. The fourth-order valence-corrected chi connectivity index (χ4v) is 2.24. The molecular formula is C15H18N2OS. The van der Waals surface area contributed by atoms with Crippen molar-refractivity contribution in [3.63, 3.8) is 0 Å². The highest BCUT2D eigenvalue weighted by molar-refractivity contribution is 7.98. The monoisotopic (exact) mass is 274 g/mol. The van der Waals surface area contributed by atoms with Gasteiger partial charge in [0.2, 0.25) is 0 Å². The van der Waals surface area contributed by atoms with Crippen LogP contribution in [0.2, 0.25) is 0 Å². The van der Waals surface area contributed by atoms with Gasteiger partial charge in [0.05, 0.1) is 0 Å². The Balaban J connectivity index is 0.00000200. The van der Waals surface area contributed by atoms with Gasteiger partial charge in [-0.25, -0.2) is 0 Å². The van der Waals surface area contributed by atoms with Crippen molar-refractivity contribution in [1.29, 1.82) is 0 Å². The number of nitrogen functional groups attached to an aromatic ring is 1. The second-order valence-electron chi connectivity index (χ2n) is 4.28. The van der Waals surface area contributed by atoms with Gasteiger partial charge in [0.15, 0.2) is 0 Å². The van der Waals surface area contributed by atoms with Gasteiger partial charge in [-0.15, -0.1) is 11.8 Å². The molecule has 4 heteroatoms. The predicted octanol–water partition coefficient (Wildman–Crippen LogP) is 3.80. The number of carbonyl (C=O) groups excluding carboxylic acids is 1. The minimum atomic E-state index is -0.126. The summed E-state index contributed by atoms with van der Waals surface area (Å²) in [7, 11) is 0. The number of hydrogen-bond donors (Lipinski definition) is 2. The van der Waals surface area contributed by atoms with Crippen molar-refractivity contribution in [2.24, 2.45) is 0 Å². The van der Waals surface area contributed by atoms with E-state index in [1.165, 1.54) is 11.8 Å². The van der Waals surface area contributed by atoms with Gasteiger partial charge >= 0.3 is 0 Å². The van der Waals surface area contributed by atoms with E-state index in [9.17, 15) is 4.79 Å². The first-order chi connectivity index (χ1) is 9.10. The van der Waals surface area contributed by atoms with Gasteiger partial charge in [-0.1, -0.05) is 17.7 Å². The molecule has 0 saturated carbocycles. The number of rotatable bonds is 3. The summed E-state index contributed by atoms with van der Waals surface area (Å²) in [5, 5.41) is 2.87. The van der Waals surface area contributed by atoms with Crippen LogP contribution in [0.3, 0.4) is 0 Å². The summed E-state index contributed by atoms with van der Waals surface area (Å²) in [5.41, 5.74) is 9.07. The Bertz CT molecular complexity index is 599. The maximum Gasteiger partial charge on any atom is 0.255 e. The molecule has 0 aliphatic heterocycles. The van der Waals surface area contributed by atoms with E-state index in [0.717, 1.165) is 16.1 Å². The number of hydrogen-bond acceptors (Lipinski definition) is 3. The zero-order chi connectivity index (χ0) is 13.8. The lowest BCUT2D eigenvalue weighted by Crippen LogP contribution is -2.12. The van der Waals surface area contributed by atoms with Crippen molar-refractivity contribution in [3.05, 3.63) is 53.6 Å². The van der Waals surface area contributed by atoms with Gasteiger partial charge in [-0.3, -0.25) is 4.79 Å². The average molecular weight is 274 g/mol. The SMILES string of the molecule is CSc1cc(C(=O)Nc2ccc(C)cc2)ccc1N.[HH]. The largest absolute Gasteiger partial charge is 0.398 e. The molecule has 0 unspecified atom stereocenters. The standard InChI is InChI=1S/C15H16N2OS.H2/c1-10-3-6-12(7-4-10)17-15(18)11-5-8-13(16)14(9-11)19-2;/h3-9H,16H2,1-2H3,(H,17,18);1H. The van der Waals surface area contributed by atoms with Gasteiger partial charge in [0.1, 0.15) is 0 Å². The van der Waals surface area contributed by atoms with Gasteiger partial charge in [0.25, 0.3) is 5.91 Å². The minimum Gasteiger partial charge on any atom is -0.398 e. The highest BCUT2D eigenvalue weighted by Crippen LogP contribution is 2.24. The predicted molar refractivity (Wildman–Crippen MR) is 83.9 cm³/mol. The van der Waals surface area contributed by atoms with Crippen LogP contribution in [0.15, 0.2) is 47.4 Å². The molecule has 0 saturated heterocycles. The van der Waals surface area contributed by atoms with Crippen LogP contribution < -0.4 is 11.1 Å². The van der Waals surface area contributed by atoms with E-state index < -0.39 is 0 Å². The van der Waals surface area contributed by atoms with Crippen LogP contribution in [0.4, 0.5) is 11.4 Å². The fraction of sp³-hybridized carbons (Fsp3) is 0.133. The molecule has 2 aromatic carbocycles. The molecule has 0 heterocycles. The Hall–Kier alpha value is -1.94. The van der Waals surface area contributed by atoms with Crippen LogP contribution in [-0.4, -0.2) is 12.2 Å². The first-order valence-electron chi connectivity index (χ1n) is 5.91. The topological polar surface area (TPSA) is 55.1 Å². The van der Waals surface area contributed by atoms with Gasteiger partial charge < -0.3 is 11.1 Å². The molecule has 0 spiro atoms. The quantitative estimate of drug-likeness (QED) is 0.661. The highest BCUT2D eigenvalue weighted by Gasteiger charge is 2.08. The summed E-state index contributed by atoms with van der Waals surface area (Å²) in [5.74, 6) is -0.126. The molecule has 0 aliphatic rings. The number of thioether (sulfide) groups is 1. The Labute approximate surface area is 118 Å². The maximum atomic E-state index is 12.1. The number of nitrogens with one attached hydrogen (secondary N) is 1. The number of carbonyl (C=O) groups is 1. The third-order valence-electron chi connectivity index (χ3n) is 2.81. The Morgan fingerprint density at radius 1 is 1.21 bits per heavy atom. The summed E-state index contributed by atoms with van der Waals surface area (Å²) in [6, 6.07) is 13.0. The van der Waals surface area contributed by atoms with Crippen molar-refractivity contribution in [1.82, 2.24) is 0 Å². The molecule has 100 valence electrons. The number of aryl methyl sites for hydroxylation is 1. The molecule has 19 heavy (non-hydrogen) atoms. The summed E-state index contributed by atoms with van der Waals surface area (Å²) < 4.78 is 0. The van der Waals surface area contributed by atoms with Crippen LogP contribution in [0, 0.1) is 6.92 Å². The lowest BCUT2D eigenvalue weighted by molar-refractivity contribution is 0.102. The van der Waals surface area contributed by atoms with E-state index in [1.54, 1.807) is 12.1 Å². The van der Waals surface area contributed by atoms with Crippen molar-refractivity contribution in [2.45, 2.75) is 11.8 Å². The molecule has 2 rings (SSSR count). The number of benzene rings is 2. The van der Waals surface area contributed by atoms with Crippen molar-refractivity contribution < 1.29 is 6.22 Å². The van der Waals surface area contributed by atoms with E-state index in [0.29, 0.717) is 11.3 Å². The number of anilines is 2. The molecular weight excluding hydrogens is 256 g/mol. The lowest BCUT2D eigenvalue weighted by Gasteiger charge is -2.08. The summed E-state index contributed by atoms with van der Waals surface area (Å²) in [6.45, 7) is 2.01. The first-order valence-corrected chi connectivity index (χ1v) is 7.14. The number of amides is 1. The summed E-state index contributed by atoms with van der Waals surface area (Å²) in [4.78, 5) is 13.0. The lowest BCUT2D eigenvalue weighted by atomic mass is 10.2. The molecule has 0 radical (unpaired) electrons. The van der Waals surface area contributed by atoms with E-state index in [1.807, 2.05) is 43.5 Å². The molecule has 0 aliphatic carbocycles. The van der Waals surface area contributed by atoms with Crippen LogP contribution in [0.25, 0.3) is 0 Å². The molecule has 2 aromatic rings. The molecule has 0 atom stereocenters. The van der Waals surface area contributed by atoms with Gasteiger partial charge in [-0.05, 0) is 43.5 Å². The zero-order valence-corrected chi connectivity index (χ0v) is 11.8. The third kappa shape index (κ3) is 3.29. The Morgan fingerprint density at radius 2 is 1.89 bits per heavy atom. The Kier molecular flexibility index (Phi) is 4.12. The minimum absolute atomic E-state index is 0. The maximum absolute atomic E-state index is 12.1. The van der Waals surface area contributed by atoms with Crippen molar-refractivity contribution in [3.8, 4) is 0 Å². The van der Waals surface area contributed by atoms with Crippen LogP contribution in [0.1, 0.15) is 17.3 Å². The first kappa shape index (κ1) is 13.5. The van der Waals surface area contributed by atoms with E-state index >= 15 is 0 Å². The summed E-state index contributed by atoms with van der Waals surface area (Å²) >= 11 is 1.53. The Morgan fingerprint density at radius 3 is 2.53 bits per heavy atom. The van der Waals surface area contributed by atoms with E-state index in [-0.39, 0.29) is 7.33 Å².